The maximum Gasteiger partial charge on any atom is 0.255 e. The second kappa shape index (κ2) is 4.18. The number of ether oxygens (including phenoxy) is 1. The van der Waals surface area contributed by atoms with Crippen molar-refractivity contribution in [2.45, 2.75) is 6.92 Å². The smallest absolute Gasteiger partial charge is 0.255 e. The van der Waals surface area contributed by atoms with E-state index >= 15 is 0 Å². The van der Waals surface area contributed by atoms with E-state index in [1.165, 1.54) is 18.3 Å². The average molecular weight is 218 g/mol. The fourth-order valence-electron chi connectivity index (χ4n) is 1.36. The summed E-state index contributed by atoms with van der Waals surface area (Å²) < 4.78 is 18.7. The summed E-state index contributed by atoms with van der Waals surface area (Å²) in [6.07, 6.45) is 1.47. The highest BCUT2D eigenvalue weighted by molar-refractivity contribution is 5.57. The van der Waals surface area contributed by atoms with E-state index in [2.05, 4.69) is 4.98 Å². The first kappa shape index (κ1) is 10.4. The summed E-state index contributed by atoms with van der Waals surface area (Å²) in [6, 6.07) is 8.14. The molecule has 0 atom stereocenters. The van der Waals surface area contributed by atoms with E-state index in [-0.39, 0.29) is 5.88 Å². The molecule has 2 rings (SSSR count). The van der Waals surface area contributed by atoms with Gasteiger partial charge in [-0.1, -0.05) is 12.1 Å². The van der Waals surface area contributed by atoms with E-state index in [1.54, 1.807) is 6.07 Å². The standard InChI is InChI=1S/C12H11FN2O/c1-8-4-2-6-10(14)11(8)16-12-9(13)5-3-7-15-12/h2-7H,14H2,1H3. The van der Waals surface area contributed by atoms with Gasteiger partial charge in [-0.2, -0.15) is 0 Å². The van der Waals surface area contributed by atoms with E-state index in [4.69, 9.17) is 10.5 Å². The van der Waals surface area contributed by atoms with Crippen molar-refractivity contribution in [3.63, 3.8) is 0 Å². The van der Waals surface area contributed by atoms with Crippen LogP contribution in [0.4, 0.5) is 10.1 Å². The van der Waals surface area contributed by atoms with Crippen molar-refractivity contribution >= 4 is 5.69 Å². The number of nitrogens with zero attached hydrogens (tertiary/aromatic N) is 1. The first-order valence-corrected chi connectivity index (χ1v) is 4.82. The number of aromatic nitrogens is 1. The molecule has 1 aromatic carbocycles. The van der Waals surface area contributed by atoms with Crippen LogP contribution in [0.3, 0.4) is 0 Å². The van der Waals surface area contributed by atoms with Crippen molar-refractivity contribution in [2.75, 3.05) is 5.73 Å². The average Bonchev–Trinajstić information content (AvgIpc) is 2.26. The van der Waals surface area contributed by atoms with E-state index in [0.29, 0.717) is 11.4 Å². The molecule has 0 aliphatic heterocycles. The third kappa shape index (κ3) is 1.95. The number of aryl methyl sites for hydroxylation is 1. The second-order valence-electron chi connectivity index (χ2n) is 3.39. The summed E-state index contributed by atoms with van der Waals surface area (Å²) in [5.41, 5.74) is 7.05. The highest BCUT2D eigenvalue weighted by Crippen LogP contribution is 2.30. The molecule has 0 saturated heterocycles. The van der Waals surface area contributed by atoms with E-state index < -0.39 is 5.82 Å². The van der Waals surface area contributed by atoms with Gasteiger partial charge in [0.15, 0.2) is 11.6 Å². The number of pyridine rings is 1. The number of hydrogen-bond donors (Lipinski definition) is 1. The monoisotopic (exact) mass is 218 g/mol. The Morgan fingerprint density at radius 3 is 2.75 bits per heavy atom. The molecule has 0 spiro atoms. The van der Waals surface area contributed by atoms with Crippen molar-refractivity contribution in [1.82, 2.24) is 4.98 Å². The number of rotatable bonds is 2. The van der Waals surface area contributed by atoms with Crippen molar-refractivity contribution in [3.8, 4) is 11.6 Å². The van der Waals surface area contributed by atoms with Gasteiger partial charge >= 0.3 is 0 Å². The lowest BCUT2D eigenvalue weighted by atomic mass is 10.2. The van der Waals surface area contributed by atoms with E-state index in [9.17, 15) is 4.39 Å². The number of nitrogen functional groups attached to an aromatic ring is 1. The van der Waals surface area contributed by atoms with Crippen LogP contribution in [-0.4, -0.2) is 4.98 Å². The molecule has 3 nitrogen and oxygen atoms in total. The van der Waals surface area contributed by atoms with Crippen molar-refractivity contribution in [1.29, 1.82) is 0 Å². The van der Waals surface area contributed by atoms with Crippen molar-refractivity contribution < 1.29 is 9.13 Å². The number of hydrogen-bond acceptors (Lipinski definition) is 3. The molecule has 0 bridgehead atoms. The zero-order valence-corrected chi connectivity index (χ0v) is 8.77. The Balaban J connectivity index is 2.38. The van der Waals surface area contributed by atoms with Gasteiger partial charge in [-0.15, -0.1) is 0 Å². The number of benzene rings is 1. The lowest BCUT2D eigenvalue weighted by Crippen LogP contribution is -1.97. The molecule has 16 heavy (non-hydrogen) atoms. The Hall–Kier alpha value is -2.10. The van der Waals surface area contributed by atoms with Crippen molar-refractivity contribution in [3.05, 3.63) is 47.9 Å². The molecular formula is C12H11FN2O. The minimum absolute atomic E-state index is 0.0662. The van der Waals surface area contributed by atoms with Gasteiger partial charge in [-0.25, -0.2) is 9.37 Å². The normalized spacial score (nSPS) is 10.1. The van der Waals surface area contributed by atoms with E-state index in [0.717, 1.165) is 5.56 Å². The van der Waals surface area contributed by atoms with Gasteiger partial charge in [0.1, 0.15) is 0 Å². The molecule has 0 saturated carbocycles. The Morgan fingerprint density at radius 2 is 2.06 bits per heavy atom. The molecule has 2 aromatic rings. The molecule has 2 N–H and O–H groups in total. The molecule has 1 aromatic heterocycles. The zero-order valence-electron chi connectivity index (χ0n) is 8.77. The lowest BCUT2D eigenvalue weighted by molar-refractivity contribution is 0.422. The van der Waals surface area contributed by atoms with Gasteiger partial charge in [-0.3, -0.25) is 0 Å². The fraction of sp³-hybridized carbons (Fsp3) is 0.0833. The molecule has 0 unspecified atom stereocenters. The van der Waals surface area contributed by atoms with Gasteiger partial charge in [0, 0.05) is 6.20 Å². The van der Waals surface area contributed by atoms with Gasteiger partial charge < -0.3 is 10.5 Å². The number of para-hydroxylation sites is 1. The van der Waals surface area contributed by atoms with Gasteiger partial charge in [-0.05, 0) is 30.7 Å². The minimum Gasteiger partial charge on any atom is -0.434 e. The van der Waals surface area contributed by atoms with Crippen LogP contribution in [0.1, 0.15) is 5.56 Å². The largest absolute Gasteiger partial charge is 0.434 e. The van der Waals surface area contributed by atoms with Crippen molar-refractivity contribution in [2.24, 2.45) is 0 Å². The Morgan fingerprint density at radius 1 is 1.25 bits per heavy atom. The first-order valence-electron chi connectivity index (χ1n) is 4.82. The summed E-state index contributed by atoms with van der Waals surface area (Å²) in [5.74, 6) is -0.131. The Kier molecular flexibility index (Phi) is 2.72. The summed E-state index contributed by atoms with van der Waals surface area (Å²) >= 11 is 0. The summed E-state index contributed by atoms with van der Waals surface area (Å²) in [6.45, 7) is 1.84. The van der Waals surface area contributed by atoms with Crippen LogP contribution in [0.5, 0.6) is 11.6 Å². The number of halogens is 1. The molecular weight excluding hydrogens is 207 g/mol. The van der Waals surface area contributed by atoms with Crippen LogP contribution in [-0.2, 0) is 0 Å². The van der Waals surface area contributed by atoms with Gasteiger partial charge in [0.25, 0.3) is 5.88 Å². The highest BCUT2D eigenvalue weighted by atomic mass is 19.1. The highest BCUT2D eigenvalue weighted by Gasteiger charge is 2.09. The first-order chi connectivity index (χ1) is 7.68. The quantitative estimate of drug-likeness (QED) is 0.788. The van der Waals surface area contributed by atoms with E-state index in [1.807, 2.05) is 19.1 Å². The minimum atomic E-state index is -0.509. The molecule has 0 radical (unpaired) electrons. The lowest BCUT2D eigenvalue weighted by Gasteiger charge is -2.10. The SMILES string of the molecule is Cc1cccc(N)c1Oc1ncccc1F. The fourth-order valence-corrected chi connectivity index (χ4v) is 1.36. The maximum absolute atomic E-state index is 13.3. The van der Waals surface area contributed by atoms with Crippen LogP contribution in [0.2, 0.25) is 0 Å². The second-order valence-corrected chi connectivity index (χ2v) is 3.39. The summed E-state index contributed by atoms with van der Waals surface area (Å²) in [5, 5.41) is 0. The van der Waals surface area contributed by atoms with Crippen LogP contribution in [0.25, 0.3) is 0 Å². The number of nitrogens with two attached hydrogens (primary N) is 1. The molecule has 0 aliphatic rings. The zero-order chi connectivity index (χ0) is 11.5. The third-order valence-electron chi connectivity index (χ3n) is 2.17. The van der Waals surface area contributed by atoms with Crippen LogP contribution >= 0.6 is 0 Å². The molecule has 0 amide bonds. The molecule has 82 valence electrons. The molecule has 1 heterocycles. The van der Waals surface area contributed by atoms with Crippen LogP contribution in [0.15, 0.2) is 36.5 Å². The number of anilines is 1. The third-order valence-corrected chi connectivity index (χ3v) is 2.17. The molecule has 0 fully saturated rings. The Bertz CT molecular complexity index is 494. The van der Waals surface area contributed by atoms with Gasteiger partial charge in [0.05, 0.1) is 5.69 Å². The van der Waals surface area contributed by atoms with Crippen LogP contribution in [0, 0.1) is 12.7 Å². The molecule has 0 aliphatic carbocycles. The predicted molar refractivity (Wildman–Crippen MR) is 59.9 cm³/mol. The predicted octanol–water partition coefficient (Wildman–Crippen LogP) is 2.90. The summed E-state index contributed by atoms with van der Waals surface area (Å²) in [4.78, 5) is 3.80. The molecule has 4 heteroatoms. The van der Waals surface area contributed by atoms with Gasteiger partial charge in [0.2, 0.25) is 0 Å². The van der Waals surface area contributed by atoms with Crippen LogP contribution < -0.4 is 10.5 Å². The Labute approximate surface area is 92.7 Å². The summed E-state index contributed by atoms with van der Waals surface area (Å²) in [7, 11) is 0. The topological polar surface area (TPSA) is 48.1 Å². The maximum atomic E-state index is 13.3.